The molecule has 2 aromatic carbocycles. The molecule has 336 valence electrons. The van der Waals surface area contributed by atoms with E-state index in [1.165, 1.54) is 26.0 Å². The van der Waals surface area contributed by atoms with Gasteiger partial charge in [-0.3, -0.25) is 19.2 Å². The van der Waals surface area contributed by atoms with Gasteiger partial charge >= 0.3 is 23.9 Å². The molecule has 4 aliphatic rings. The molecule has 6 rings (SSSR count). The summed E-state index contributed by atoms with van der Waals surface area (Å²) in [5.41, 5.74) is -7.30. The Kier molecular flexibility index (Phi) is 13.2. The van der Waals surface area contributed by atoms with Gasteiger partial charge < -0.3 is 44.3 Å². The number of ketones is 1. The lowest BCUT2D eigenvalue weighted by Gasteiger charge is -2.67. The van der Waals surface area contributed by atoms with Gasteiger partial charge in [0, 0.05) is 36.9 Å². The molecular weight excluding hydrogens is 938 g/mol. The molecule has 2 bridgehead atoms. The van der Waals surface area contributed by atoms with Crippen LogP contribution in [0.1, 0.15) is 90.2 Å². The van der Waals surface area contributed by atoms with Crippen molar-refractivity contribution in [3.05, 3.63) is 82.9 Å². The van der Waals surface area contributed by atoms with E-state index in [1.807, 2.05) is 0 Å². The Morgan fingerprint density at radius 1 is 0.952 bits per heavy atom. The van der Waals surface area contributed by atoms with Crippen LogP contribution in [0.2, 0.25) is 0 Å². The molecule has 3 fully saturated rings. The summed E-state index contributed by atoms with van der Waals surface area (Å²) < 4.78 is 29.1. The molecule has 17 heteroatoms. The Labute approximate surface area is 376 Å². The van der Waals surface area contributed by atoms with Gasteiger partial charge in [0.1, 0.15) is 28.2 Å². The van der Waals surface area contributed by atoms with Gasteiger partial charge in [0.05, 0.1) is 35.6 Å². The Morgan fingerprint density at radius 3 is 2.08 bits per heavy atom. The predicted molar refractivity (Wildman–Crippen MR) is 228 cm³/mol. The van der Waals surface area contributed by atoms with Crippen LogP contribution in [-0.4, -0.2) is 114 Å². The Hall–Kier alpha value is -4.00. The highest BCUT2D eigenvalue weighted by Gasteiger charge is 2.78. The zero-order chi connectivity index (χ0) is 45.9. The zero-order valence-corrected chi connectivity index (χ0v) is 38.9. The number of carbonyl (C=O) groups excluding carboxylic acids is 6. The van der Waals surface area contributed by atoms with Crippen LogP contribution < -0.4 is 5.32 Å². The average Bonchev–Trinajstić information content (AvgIpc) is 3.20. The quantitative estimate of drug-likeness (QED) is 0.106. The Balaban J connectivity index is 1.54. The Bertz CT molecular complexity index is 2140. The molecule has 2 unspecified atom stereocenters. The van der Waals surface area contributed by atoms with Gasteiger partial charge in [-0.25, -0.2) is 9.59 Å². The monoisotopic (exact) mass is 989 g/mol. The lowest BCUT2D eigenvalue weighted by atomic mass is 9.44. The van der Waals surface area contributed by atoms with Gasteiger partial charge in [-0.05, 0) is 49.6 Å². The first-order valence-corrected chi connectivity index (χ1v) is 22.0. The topological polar surface area (TPSA) is 221 Å². The Morgan fingerprint density at radius 2 is 1.55 bits per heavy atom. The molecule has 2 saturated carbocycles. The van der Waals surface area contributed by atoms with Crippen LogP contribution in [0, 0.1) is 16.7 Å². The van der Waals surface area contributed by atoms with Gasteiger partial charge in [0.25, 0.3) is 0 Å². The molecule has 1 saturated heterocycles. The molecular formula is C45H53Br2NO14. The van der Waals surface area contributed by atoms with Gasteiger partial charge in [-0.1, -0.05) is 101 Å². The fourth-order valence-electron chi connectivity index (χ4n) is 9.83. The summed E-state index contributed by atoms with van der Waals surface area (Å²) in [5.74, 6) is -6.83. The number of aliphatic hydroxyl groups excluding tert-OH is 2. The van der Waals surface area contributed by atoms with Crippen LogP contribution in [0.15, 0.2) is 71.8 Å². The van der Waals surface area contributed by atoms with Crippen LogP contribution in [0.4, 0.5) is 0 Å². The molecule has 1 amide bonds. The lowest BCUT2D eigenvalue weighted by molar-refractivity contribution is -0.346. The number of hydrogen-bond donors (Lipinski definition) is 4. The second-order valence-electron chi connectivity index (χ2n) is 17.7. The maximum absolute atomic E-state index is 15.5. The first-order chi connectivity index (χ1) is 28.9. The molecule has 3 aliphatic carbocycles. The van der Waals surface area contributed by atoms with Crippen molar-refractivity contribution >= 4 is 67.4 Å². The van der Waals surface area contributed by atoms with Crippen molar-refractivity contribution in [2.24, 2.45) is 16.7 Å². The molecule has 15 nitrogen and oxygen atoms in total. The minimum Gasteiger partial charge on any atom is -0.456 e. The maximum atomic E-state index is 15.5. The van der Waals surface area contributed by atoms with E-state index in [-0.39, 0.29) is 29.7 Å². The number of benzene rings is 2. The second-order valence-corrected chi connectivity index (χ2v) is 20.7. The van der Waals surface area contributed by atoms with Crippen LogP contribution in [0.5, 0.6) is 0 Å². The third kappa shape index (κ3) is 7.84. The van der Waals surface area contributed by atoms with Crippen molar-refractivity contribution < 1.29 is 67.8 Å². The minimum absolute atomic E-state index is 0.00540. The fraction of sp³-hybridized carbons (Fsp3) is 0.556. The molecule has 0 radical (unpaired) electrons. The molecule has 0 spiro atoms. The van der Waals surface area contributed by atoms with E-state index in [2.05, 4.69) is 37.2 Å². The van der Waals surface area contributed by atoms with Crippen molar-refractivity contribution in [3.63, 3.8) is 0 Å². The predicted octanol–water partition coefficient (Wildman–Crippen LogP) is 4.36. The van der Waals surface area contributed by atoms with Crippen molar-refractivity contribution in [1.82, 2.24) is 5.32 Å². The van der Waals surface area contributed by atoms with Crippen LogP contribution in [0.3, 0.4) is 0 Å². The third-order valence-electron chi connectivity index (χ3n) is 13.6. The first kappa shape index (κ1) is 47.5. The molecule has 62 heavy (non-hydrogen) atoms. The van der Waals surface area contributed by atoms with Crippen LogP contribution in [0.25, 0.3) is 0 Å². The highest BCUT2D eigenvalue weighted by molar-refractivity contribution is 9.12. The summed E-state index contributed by atoms with van der Waals surface area (Å²) in [4.78, 5) is 83.3. The molecule has 4 N–H and O–H groups in total. The normalized spacial score (nSPS) is 33.5. The number of hydrogen-bond acceptors (Lipinski definition) is 14. The van der Waals surface area contributed by atoms with Crippen molar-refractivity contribution in [3.8, 4) is 0 Å². The summed E-state index contributed by atoms with van der Waals surface area (Å²) >= 11 is 6.85. The van der Waals surface area contributed by atoms with Gasteiger partial charge in [0.15, 0.2) is 23.6 Å². The molecule has 13 atom stereocenters. The fourth-order valence-corrected chi connectivity index (χ4v) is 10.2. The largest absolute Gasteiger partial charge is 0.456 e. The average molecular weight is 992 g/mol. The zero-order valence-electron chi connectivity index (χ0n) is 35.7. The van der Waals surface area contributed by atoms with E-state index in [0.29, 0.717) is 5.56 Å². The number of alkyl halides is 2. The number of carbonyl (C=O) groups is 6. The summed E-state index contributed by atoms with van der Waals surface area (Å²) in [6.07, 6.45) is -10.5. The standard InChI is InChI=1S/C45H53Br2NO14/c1-22-28(60-39(55)33(52)32(26-15-11-9-12-16-26)48-40(56)43(8,47)23(2)46)20-45(57)37(61-38(54)27-17-13-10-14-18-27)35-42(7,29(51)19-30-44(35,21-58-30)62-25(4)50)36(53)34(59-24(3)49)31(22)41(45,5)6/h9-18,23,28-30,32-35,37,51-52,57H,19-21H2,1-8H3,(H,48,56)/t23?,28-,29-,30+,32-,33+,34+,35-,37-,42+,43?,44-,45+/m0/s1. The SMILES string of the molecule is CC(=O)O[C@H]1C(=O)[C@@]2(C)[C@H]([C@H](OC(=O)c3ccccc3)[C@]3(O)C[C@H](OC(=O)[C@H](O)[C@@H](NC(=O)C(C)(Br)C(C)Br)c4ccccc4)C(C)=C1C3(C)C)[C@]1(OC(C)=O)CO[C@@H]1C[C@@H]2O. The number of amides is 1. The summed E-state index contributed by atoms with van der Waals surface area (Å²) in [6, 6.07) is 14.7. The number of Topliss-reactive ketones (excluding diaryl/α,β-unsaturated/α-hetero) is 1. The van der Waals surface area contributed by atoms with E-state index in [4.69, 9.17) is 23.7 Å². The van der Waals surface area contributed by atoms with E-state index in [0.717, 1.165) is 13.8 Å². The van der Waals surface area contributed by atoms with E-state index >= 15 is 4.79 Å². The summed E-state index contributed by atoms with van der Waals surface area (Å²) in [5, 5.41) is 40.3. The summed E-state index contributed by atoms with van der Waals surface area (Å²) in [7, 11) is 0. The highest BCUT2D eigenvalue weighted by Crippen LogP contribution is 2.64. The first-order valence-electron chi connectivity index (χ1n) is 20.3. The number of nitrogens with one attached hydrogen (secondary N) is 1. The number of aliphatic hydroxyl groups is 3. The third-order valence-corrected chi connectivity index (χ3v) is 16.2. The smallest absolute Gasteiger partial charge is 0.338 e. The van der Waals surface area contributed by atoms with Crippen molar-refractivity contribution in [1.29, 1.82) is 0 Å². The number of halogens is 2. The molecule has 0 aromatic heterocycles. The minimum atomic E-state index is -2.39. The second kappa shape index (κ2) is 17.2. The van der Waals surface area contributed by atoms with E-state index < -0.39 is 122 Å². The number of fused-ring (bicyclic) bond motifs is 5. The highest BCUT2D eigenvalue weighted by atomic mass is 79.9. The van der Waals surface area contributed by atoms with Gasteiger partial charge in [0.2, 0.25) is 5.91 Å². The lowest BCUT2D eigenvalue weighted by Crippen LogP contribution is -2.82. The van der Waals surface area contributed by atoms with E-state index in [1.54, 1.807) is 76.2 Å². The maximum Gasteiger partial charge on any atom is 0.338 e. The van der Waals surface area contributed by atoms with Gasteiger partial charge in [-0.2, -0.15) is 0 Å². The van der Waals surface area contributed by atoms with E-state index in [9.17, 15) is 39.3 Å². The summed E-state index contributed by atoms with van der Waals surface area (Å²) in [6.45, 7) is 11.3. The number of rotatable bonds is 11. The molecule has 1 heterocycles. The van der Waals surface area contributed by atoms with Gasteiger partial charge in [-0.15, -0.1) is 0 Å². The van der Waals surface area contributed by atoms with Crippen LogP contribution >= 0.6 is 31.9 Å². The molecule has 2 aromatic rings. The van der Waals surface area contributed by atoms with Crippen molar-refractivity contribution in [2.75, 3.05) is 6.61 Å². The number of esters is 4. The number of ether oxygens (including phenoxy) is 5. The molecule has 1 aliphatic heterocycles. The van der Waals surface area contributed by atoms with Crippen molar-refractivity contribution in [2.45, 2.75) is 131 Å². The van der Waals surface area contributed by atoms with Crippen LogP contribution in [-0.2, 0) is 47.7 Å².